The lowest BCUT2D eigenvalue weighted by molar-refractivity contribution is 0.539. The van der Waals surface area contributed by atoms with Gasteiger partial charge in [0.15, 0.2) is 5.82 Å². The summed E-state index contributed by atoms with van der Waals surface area (Å²) >= 11 is 6.02. The summed E-state index contributed by atoms with van der Waals surface area (Å²) in [7, 11) is 3.58. The molecule has 0 spiro atoms. The molecule has 5 nitrogen and oxygen atoms in total. The molecule has 0 amide bonds. The molecule has 102 valence electrons. The van der Waals surface area contributed by atoms with E-state index in [-0.39, 0.29) is 11.9 Å². The molecule has 0 bridgehead atoms. The first-order chi connectivity index (χ1) is 9.08. The third-order valence-electron chi connectivity index (χ3n) is 2.87. The van der Waals surface area contributed by atoms with Crippen LogP contribution in [0.4, 0.5) is 4.39 Å². The van der Waals surface area contributed by atoms with E-state index in [0.29, 0.717) is 23.7 Å². The van der Waals surface area contributed by atoms with Gasteiger partial charge in [-0.3, -0.25) is 0 Å². The molecule has 0 aliphatic rings. The number of tetrazole rings is 1. The fourth-order valence-electron chi connectivity index (χ4n) is 1.85. The number of aryl methyl sites for hydroxylation is 1. The molecule has 1 atom stereocenters. The van der Waals surface area contributed by atoms with Crippen LogP contribution in [0.2, 0.25) is 5.02 Å². The van der Waals surface area contributed by atoms with Crippen LogP contribution in [0.15, 0.2) is 18.2 Å². The van der Waals surface area contributed by atoms with Gasteiger partial charge in [0, 0.05) is 17.5 Å². The number of aromatic nitrogens is 4. The number of nitrogens with one attached hydrogen (secondary N) is 1. The molecule has 1 unspecified atom stereocenters. The van der Waals surface area contributed by atoms with E-state index in [1.165, 1.54) is 16.9 Å². The average molecular weight is 284 g/mol. The minimum atomic E-state index is -0.328. The Kier molecular flexibility index (Phi) is 4.44. The Morgan fingerprint density at radius 1 is 1.42 bits per heavy atom. The quantitative estimate of drug-likeness (QED) is 0.901. The maximum absolute atomic E-state index is 13.0. The van der Waals surface area contributed by atoms with Crippen molar-refractivity contribution in [1.82, 2.24) is 25.5 Å². The van der Waals surface area contributed by atoms with Gasteiger partial charge < -0.3 is 5.32 Å². The van der Waals surface area contributed by atoms with Crippen LogP contribution in [-0.4, -0.2) is 33.3 Å². The summed E-state index contributed by atoms with van der Waals surface area (Å²) in [6.07, 6.45) is 1.31. The average Bonchev–Trinajstić information content (AvgIpc) is 2.77. The molecule has 2 aromatic rings. The van der Waals surface area contributed by atoms with Crippen molar-refractivity contribution in [1.29, 1.82) is 0 Å². The van der Waals surface area contributed by atoms with Crippen LogP contribution in [0, 0.1) is 5.82 Å². The summed E-state index contributed by atoms with van der Waals surface area (Å²) in [6.45, 7) is 0. The third-order valence-corrected chi connectivity index (χ3v) is 3.22. The van der Waals surface area contributed by atoms with Crippen molar-refractivity contribution in [2.45, 2.75) is 18.9 Å². The fraction of sp³-hybridized carbons (Fsp3) is 0.417. The first-order valence-electron chi connectivity index (χ1n) is 5.92. The van der Waals surface area contributed by atoms with Crippen LogP contribution < -0.4 is 5.32 Å². The van der Waals surface area contributed by atoms with E-state index in [4.69, 9.17) is 11.6 Å². The number of rotatable bonds is 5. The van der Waals surface area contributed by atoms with Gasteiger partial charge in [-0.25, -0.2) is 4.39 Å². The highest BCUT2D eigenvalue weighted by Crippen LogP contribution is 2.19. The second-order valence-electron chi connectivity index (χ2n) is 4.32. The van der Waals surface area contributed by atoms with Crippen LogP contribution >= 0.6 is 11.6 Å². The first kappa shape index (κ1) is 13.9. The van der Waals surface area contributed by atoms with Gasteiger partial charge in [-0.1, -0.05) is 17.7 Å². The lowest BCUT2D eigenvalue weighted by atomic mass is 10.0. The van der Waals surface area contributed by atoms with Gasteiger partial charge in [-0.2, -0.15) is 4.80 Å². The highest BCUT2D eigenvalue weighted by atomic mass is 35.5. The van der Waals surface area contributed by atoms with Gasteiger partial charge in [0.25, 0.3) is 0 Å². The zero-order chi connectivity index (χ0) is 13.8. The van der Waals surface area contributed by atoms with E-state index in [1.807, 2.05) is 7.05 Å². The van der Waals surface area contributed by atoms with Gasteiger partial charge in [0.05, 0.1) is 7.05 Å². The summed E-state index contributed by atoms with van der Waals surface area (Å²) in [4.78, 5) is 1.42. The Balaban J connectivity index is 2.06. The summed E-state index contributed by atoms with van der Waals surface area (Å²) < 4.78 is 13.0. The van der Waals surface area contributed by atoms with Crippen LogP contribution in [0.3, 0.4) is 0 Å². The monoisotopic (exact) mass is 283 g/mol. The second kappa shape index (κ2) is 6.08. The Morgan fingerprint density at radius 2 is 2.21 bits per heavy atom. The molecule has 1 aromatic heterocycles. The minimum Gasteiger partial charge on any atom is -0.316 e. The predicted octanol–water partition coefficient (Wildman–Crippen LogP) is 1.38. The van der Waals surface area contributed by atoms with Gasteiger partial charge in [-0.15, -0.1) is 10.2 Å². The van der Waals surface area contributed by atoms with Crippen molar-refractivity contribution >= 4 is 11.6 Å². The lowest BCUT2D eigenvalue weighted by Gasteiger charge is -2.15. The smallest absolute Gasteiger partial charge is 0.176 e. The highest BCUT2D eigenvalue weighted by Gasteiger charge is 2.14. The van der Waals surface area contributed by atoms with Crippen molar-refractivity contribution in [2.24, 2.45) is 7.05 Å². The molecule has 1 aromatic carbocycles. The Hall–Kier alpha value is -1.53. The van der Waals surface area contributed by atoms with E-state index in [9.17, 15) is 4.39 Å². The molecule has 0 aliphatic heterocycles. The molecule has 0 fully saturated rings. The minimum absolute atomic E-state index is 0.118. The van der Waals surface area contributed by atoms with E-state index in [0.717, 1.165) is 5.56 Å². The van der Waals surface area contributed by atoms with E-state index in [2.05, 4.69) is 20.7 Å². The van der Waals surface area contributed by atoms with Crippen molar-refractivity contribution in [2.75, 3.05) is 7.05 Å². The van der Waals surface area contributed by atoms with Crippen molar-refractivity contribution in [3.8, 4) is 0 Å². The molecule has 19 heavy (non-hydrogen) atoms. The SMILES string of the molecule is CNC(Cc1nnn(C)n1)Cc1ccc(F)cc1Cl. The van der Waals surface area contributed by atoms with Crippen LogP contribution in [0.25, 0.3) is 0 Å². The van der Waals surface area contributed by atoms with Gasteiger partial charge in [0.2, 0.25) is 0 Å². The number of hydrogen-bond donors (Lipinski definition) is 1. The lowest BCUT2D eigenvalue weighted by Crippen LogP contribution is -2.30. The summed E-state index contributed by atoms with van der Waals surface area (Å²) in [6, 6.07) is 4.55. The molecular weight excluding hydrogens is 269 g/mol. The highest BCUT2D eigenvalue weighted by molar-refractivity contribution is 6.31. The summed E-state index contributed by atoms with van der Waals surface area (Å²) in [5, 5.41) is 15.5. The number of halogens is 2. The Labute approximate surface area is 115 Å². The van der Waals surface area contributed by atoms with E-state index < -0.39 is 0 Å². The molecular formula is C12H15ClFN5. The molecule has 0 radical (unpaired) electrons. The number of hydrogen-bond acceptors (Lipinski definition) is 4. The fourth-order valence-corrected chi connectivity index (χ4v) is 2.10. The van der Waals surface area contributed by atoms with Crippen LogP contribution in [-0.2, 0) is 19.9 Å². The number of benzene rings is 1. The standard InChI is InChI=1S/C12H15ClFN5/c1-15-10(7-12-16-18-19(2)17-12)5-8-3-4-9(14)6-11(8)13/h3-4,6,10,15H,5,7H2,1-2H3. The van der Waals surface area contributed by atoms with Gasteiger partial charge >= 0.3 is 0 Å². The largest absolute Gasteiger partial charge is 0.316 e. The van der Waals surface area contributed by atoms with Gasteiger partial charge in [-0.05, 0) is 36.4 Å². The van der Waals surface area contributed by atoms with Gasteiger partial charge in [0.1, 0.15) is 5.82 Å². The van der Waals surface area contributed by atoms with E-state index in [1.54, 1.807) is 13.1 Å². The zero-order valence-electron chi connectivity index (χ0n) is 10.8. The zero-order valence-corrected chi connectivity index (χ0v) is 11.5. The predicted molar refractivity (Wildman–Crippen MR) is 70.5 cm³/mol. The molecule has 1 heterocycles. The molecule has 1 N–H and O–H groups in total. The van der Waals surface area contributed by atoms with Crippen molar-refractivity contribution in [3.63, 3.8) is 0 Å². The normalized spacial score (nSPS) is 12.6. The molecule has 0 aliphatic carbocycles. The van der Waals surface area contributed by atoms with Crippen LogP contribution in [0.1, 0.15) is 11.4 Å². The number of nitrogens with zero attached hydrogens (tertiary/aromatic N) is 4. The van der Waals surface area contributed by atoms with Crippen LogP contribution in [0.5, 0.6) is 0 Å². The second-order valence-corrected chi connectivity index (χ2v) is 4.73. The summed E-state index contributed by atoms with van der Waals surface area (Å²) in [5.74, 6) is 0.338. The molecule has 2 rings (SSSR count). The first-order valence-corrected chi connectivity index (χ1v) is 6.30. The van der Waals surface area contributed by atoms with E-state index >= 15 is 0 Å². The molecule has 0 saturated heterocycles. The molecule has 0 saturated carbocycles. The molecule has 7 heteroatoms. The third kappa shape index (κ3) is 3.71. The van der Waals surface area contributed by atoms with Crippen molar-refractivity contribution < 1.29 is 4.39 Å². The Morgan fingerprint density at radius 3 is 2.79 bits per heavy atom. The maximum Gasteiger partial charge on any atom is 0.176 e. The van der Waals surface area contributed by atoms with Crippen molar-refractivity contribution in [3.05, 3.63) is 40.4 Å². The maximum atomic E-state index is 13.0. The topological polar surface area (TPSA) is 55.6 Å². The summed E-state index contributed by atoms with van der Waals surface area (Å²) in [5.41, 5.74) is 0.895. The Bertz CT molecular complexity index is 557. The number of likely N-dealkylation sites (N-methyl/N-ethyl adjacent to an activating group) is 1.